The normalized spacial score (nSPS) is 25.4. The van der Waals surface area contributed by atoms with Gasteiger partial charge in [0, 0.05) is 12.5 Å². The van der Waals surface area contributed by atoms with E-state index in [1.807, 2.05) is 36.4 Å². The van der Waals surface area contributed by atoms with Crippen molar-refractivity contribution in [3.63, 3.8) is 0 Å². The highest BCUT2D eigenvalue weighted by molar-refractivity contribution is 5.85. The highest BCUT2D eigenvalue weighted by atomic mass is 16.6. The standard InChI is InChI=1S/C23H28N2O3/c1-26-20-9-8-17(14-21(20)27-2)16-23-11-10-18(15-22(23)24-13-12-23)25-28-19-6-4-3-5-7-19/h3-9,14,22,24H,10-13,15-16H2,1-2H3/t22-,23+/m0/s1. The summed E-state index contributed by atoms with van der Waals surface area (Å²) in [5.74, 6) is 2.37. The van der Waals surface area contributed by atoms with Gasteiger partial charge in [-0.05, 0) is 67.5 Å². The van der Waals surface area contributed by atoms with Gasteiger partial charge in [-0.2, -0.15) is 0 Å². The molecule has 0 spiro atoms. The van der Waals surface area contributed by atoms with Gasteiger partial charge in [0.1, 0.15) is 0 Å². The molecule has 1 saturated heterocycles. The largest absolute Gasteiger partial charge is 0.493 e. The van der Waals surface area contributed by atoms with Gasteiger partial charge in [0.15, 0.2) is 17.2 Å². The first-order valence-corrected chi connectivity index (χ1v) is 9.94. The van der Waals surface area contributed by atoms with Gasteiger partial charge in [0.2, 0.25) is 0 Å². The molecule has 1 heterocycles. The first-order chi connectivity index (χ1) is 13.7. The topological polar surface area (TPSA) is 52.1 Å². The van der Waals surface area contributed by atoms with Crippen LogP contribution in [0.2, 0.25) is 0 Å². The molecular weight excluding hydrogens is 352 g/mol. The maximum absolute atomic E-state index is 5.63. The Balaban J connectivity index is 1.46. The van der Waals surface area contributed by atoms with Crippen LogP contribution < -0.4 is 19.6 Å². The molecule has 0 radical (unpaired) electrons. The van der Waals surface area contributed by atoms with E-state index in [0.717, 1.165) is 55.2 Å². The number of fused-ring (bicyclic) bond motifs is 1. The lowest BCUT2D eigenvalue weighted by molar-refractivity contribution is 0.211. The molecule has 1 aliphatic heterocycles. The Kier molecular flexibility index (Phi) is 5.53. The number of benzene rings is 2. The molecule has 2 aromatic carbocycles. The predicted molar refractivity (Wildman–Crippen MR) is 110 cm³/mol. The average Bonchev–Trinajstić information content (AvgIpc) is 3.15. The predicted octanol–water partition coefficient (Wildman–Crippen LogP) is 4.21. The van der Waals surface area contributed by atoms with Crippen molar-refractivity contribution in [3.8, 4) is 17.2 Å². The van der Waals surface area contributed by atoms with Crippen molar-refractivity contribution in [2.24, 2.45) is 10.6 Å². The van der Waals surface area contributed by atoms with Crippen molar-refractivity contribution in [1.82, 2.24) is 5.32 Å². The van der Waals surface area contributed by atoms with E-state index < -0.39 is 0 Å². The first-order valence-electron chi connectivity index (χ1n) is 9.94. The number of nitrogens with zero attached hydrogens (tertiary/aromatic N) is 1. The van der Waals surface area contributed by atoms with Gasteiger partial charge in [-0.3, -0.25) is 0 Å². The second kappa shape index (κ2) is 8.23. The zero-order valence-electron chi connectivity index (χ0n) is 16.6. The van der Waals surface area contributed by atoms with Crippen LogP contribution in [0.4, 0.5) is 0 Å². The summed E-state index contributed by atoms with van der Waals surface area (Å²) in [5.41, 5.74) is 2.71. The Morgan fingerprint density at radius 1 is 1.04 bits per heavy atom. The lowest BCUT2D eigenvalue weighted by Gasteiger charge is -2.39. The summed E-state index contributed by atoms with van der Waals surface area (Å²) in [4.78, 5) is 5.63. The highest BCUT2D eigenvalue weighted by Crippen LogP contribution is 2.45. The quantitative estimate of drug-likeness (QED) is 0.763. The molecule has 2 atom stereocenters. The van der Waals surface area contributed by atoms with Gasteiger partial charge in [-0.25, -0.2) is 0 Å². The number of para-hydroxylation sites is 1. The van der Waals surface area contributed by atoms with Crippen LogP contribution in [0.15, 0.2) is 53.7 Å². The summed E-state index contributed by atoms with van der Waals surface area (Å²) >= 11 is 0. The number of rotatable bonds is 6. The van der Waals surface area contributed by atoms with Crippen LogP contribution in [0.5, 0.6) is 17.2 Å². The van der Waals surface area contributed by atoms with Crippen LogP contribution in [-0.4, -0.2) is 32.5 Å². The van der Waals surface area contributed by atoms with Gasteiger partial charge in [-0.1, -0.05) is 29.4 Å². The molecular formula is C23H28N2O3. The second-order valence-electron chi connectivity index (χ2n) is 7.75. The fraction of sp³-hybridized carbons (Fsp3) is 0.435. The fourth-order valence-corrected chi connectivity index (χ4v) is 4.58. The molecule has 0 amide bonds. The summed E-state index contributed by atoms with van der Waals surface area (Å²) < 4.78 is 10.9. The first kappa shape index (κ1) is 18.8. The number of ether oxygens (including phenoxy) is 2. The number of methoxy groups -OCH3 is 2. The zero-order chi connectivity index (χ0) is 19.4. The third-order valence-corrected chi connectivity index (χ3v) is 6.13. The van der Waals surface area contributed by atoms with E-state index in [1.54, 1.807) is 14.2 Å². The number of hydrogen-bond acceptors (Lipinski definition) is 5. The van der Waals surface area contributed by atoms with Crippen LogP contribution in [0.3, 0.4) is 0 Å². The molecule has 2 aliphatic rings. The monoisotopic (exact) mass is 380 g/mol. The van der Waals surface area contributed by atoms with E-state index in [2.05, 4.69) is 22.6 Å². The number of oxime groups is 1. The molecule has 5 heteroatoms. The smallest absolute Gasteiger partial charge is 0.160 e. The summed E-state index contributed by atoms with van der Waals surface area (Å²) in [6.07, 6.45) is 5.28. The SMILES string of the molecule is COc1ccc(C[C@@]23CCN[C@H]2CC(=NOc2ccccc2)CC3)cc1OC. The van der Waals surface area contributed by atoms with Crippen LogP contribution in [-0.2, 0) is 6.42 Å². The minimum absolute atomic E-state index is 0.269. The lowest BCUT2D eigenvalue weighted by Crippen LogP contribution is -2.44. The summed E-state index contributed by atoms with van der Waals surface area (Å²) in [6.45, 7) is 1.06. The van der Waals surface area contributed by atoms with E-state index in [-0.39, 0.29) is 5.41 Å². The van der Waals surface area contributed by atoms with Crippen molar-refractivity contribution in [2.45, 2.75) is 38.1 Å². The average molecular weight is 380 g/mol. The van der Waals surface area contributed by atoms with Crippen molar-refractivity contribution in [3.05, 3.63) is 54.1 Å². The summed E-state index contributed by atoms with van der Waals surface area (Å²) in [6, 6.07) is 16.5. The lowest BCUT2D eigenvalue weighted by atomic mass is 9.67. The Morgan fingerprint density at radius 3 is 2.64 bits per heavy atom. The van der Waals surface area contributed by atoms with Crippen molar-refractivity contribution in [2.75, 3.05) is 20.8 Å². The molecule has 2 aromatic rings. The van der Waals surface area contributed by atoms with Crippen LogP contribution in [0, 0.1) is 5.41 Å². The van der Waals surface area contributed by atoms with Crippen molar-refractivity contribution in [1.29, 1.82) is 0 Å². The molecule has 5 nitrogen and oxygen atoms in total. The van der Waals surface area contributed by atoms with Crippen LogP contribution >= 0.6 is 0 Å². The zero-order valence-corrected chi connectivity index (χ0v) is 16.6. The maximum atomic E-state index is 5.63. The van der Waals surface area contributed by atoms with Crippen molar-refractivity contribution >= 4 is 5.71 Å². The van der Waals surface area contributed by atoms with Gasteiger partial charge in [0.25, 0.3) is 0 Å². The van der Waals surface area contributed by atoms with E-state index >= 15 is 0 Å². The van der Waals surface area contributed by atoms with Gasteiger partial charge in [0.05, 0.1) is 19.9 Å². The van der Waals surface area contributed by atoms with Gasteiger partial charge < -0.3 is 19.6 Å². The summed E-state index contributed by atoms with van der Waals surface area (Å²) in [7, 11) is 3.36. The molecule has 148 valence electrons. The molecule has 28 heavy (non-hydrogen) atoms. The number of hydrogen-bond donors (Lipinski definition) is 1. The van der Waals surface area contributed by atoms with E-state index in [9.17, 15) is 0 Å². The maximum Gasteiger partial charge on any atom is 0.160 e. The fourth-order valence-electron chi connectivity index (χ4n) is 4.58. The Bertz CT molecular complexity index is 837. The molecule has 2 fully saturated rings. The molecule has 1 aliphatic carbocycles. The second-order valence-corrected chi connectivity index (χ2v) is 7.75. The molecule has 1 saturated carbocycles. The van der Waals surface area contributed by atoms with Crippen molar-refractivity contribution < 1.29 is 14.3 Å². The Labute approximate surface area is 166 Å². The Morgan fingerprint density at radius 2 is 1.86 bits per heavy atom. The Hall–Kier alpha value is -2.53. The van der Waals surface area contributed by atoms with Gasteiger partial charge >= 0.3 is 0 Å². The van der Waals surface area contributed by atoms with E-state index in [0.29, 0.717) is 6.04 Å². The minimum Gasteiger partial charge on any atom is -0.493 e. The summed E-state index contributed by atoms with van der Waals surface area (Å²) in [5, 5.41) is 8.15. The third kappa shape index (κ3) is 3.85. The molecule has 4 rings (SSSR count). The minimum atomic E-state index is 0.269. The van der Waals surface area contributed by atoms with Gasteiger partial charge in [-0.15, -0.1) is 0 Å². The number of nitrogens with one attached hydrogen (secondary N) is 1. The van der Waals surface area contributed by atoms with E-state index in [1.165, 1.54) is 12.0 Å². The highest BCUT2D eigenvalue weighted by Gasteiger charge is 2.45. The molecule has 0 unspecified atom stereocenters. The third-order valence-electron chi connectivity index (χ3n) is 6.13. The van der Waals surface area contributed by atoms with Crippen LogP contribution in [0.1, 0.15) is 31.2 Å². The molecule has 1 N–H and O–H groups in total. The molecule has 0 aromatic heterocycles. The molecule has 0 bridgehead atoms. The van der Waals surface area contributed by atoms with Crippen LogP contribution in [0.25, 0.3) is 0 Å². The van der Waals surface area contributed by atoms with E-state index in [4.69, 9.17) is 14.3 Å².